The summed E-state index contributed by atoms with van der Waals surface area (Å²) in [6.45, 7) is 5.31. The molecule has 3 rings (SSSR count). The van der Waals surface area contributed by atoms with E-state index < -0.39 is 11.2 Å². The minimum absolute atomic E-state index is 0.0108. The number of nitrogens with one attached hydrogen (secondary N) is 1. The fourth-order valence-electron chi connectivity index (χ4n) is 4.04. The number of hydrogen-bond donors (Lipinski definition) is 2. The van der Waals surface area contributed by atoms with Gasteiger partial charge in [-0.1, -0.05) is 74.5 Å². The molecule has 8 nitrogen and oxygen atoms in total. The number of H-pyrrole nitrogens is 1. The molecule has 2 aromatic carbocycles. The van der Waals surface area contributed by atoms with Gasteiger partial charge >= 0.3 is 5.69 Å². The van der Waals surface area contributed by atoms with Crippen LogP contribution >= 0.6 is 0 Å². The lowest BCUT2D eigenvalue weighted by Gasteiger charge is -2.28. The number of aryl methyl sites for hydroxylation is 1. The molecule has 0 fully saturated rings. The number of carbonyl (C=O) groups is 1. The molecule has 0 aliphatic heterocycles. The van der Waals surface area contributed by atoms with Crippen LogP contribution < -0.4 is 21.9 Å². The van der Waals surface area contributed by atoms with Crippen LogP contribution in [0, 0.1) is 5.92 Å². The molecule has 0 aliphatic carbocycles. The second kappa shape index (κ2) is 12.2. The molecule has 3 N–H and O–H groups in total. The van der Waals surface area contributed by atoms with Gasteiger partial charge in [-0.15, -0.1) is 0 Å². The van der Waals surface area contributed by atoms with Crippen LogP contribution in [-0.2, 0) is 17.8 Å². The zero-order valence-corrected chi connectivity index (χ0v) is 20.7. The van der Waals surface area contributed by atoms with Crippen LogP contribution in [0.2, 0.25) is 0 Å². The molecular formula is C27H35N5O3. The minimum atomic E-state index is -0.655. The van der Waals surface area contributed by atoms with E-state index in [0.717, 1.165) is 24.9 Å². The van der Waals surface area contributed by atoms with Crippen LogP contribution in [0.1, 0.15) is 31.4 Å². The number of aromatic nitrogens is 2. The van der Waals surface area contributed by atoms with E-state index in [-0.39, 0.29) is 36.4 Å². The molecule has 1 amide bonds. The number of nitrogens with two attached hydrogens (primary N) is 1. The van der Waals surface area contributed by atoms with Crippen LogP contribution in [0.3, 0.4) is 0 Å². The number of hydrogen-bond acceptors (Lipinski definition) is 5. The third kappa shape index (κ3) is 7.16. The Kier molecular flexibility index (Phi) is 9.03. The molecule has 0 saturated carbocycles. The fraction of sp³-hybridized carbons (Fsp3) is 0.370. The second-order valence-electron chi connectivity index (χ2n) is 9.29. The highest BCUT2D eigenvalue weighted by Gasteiger charge is 2.25. The first-order valence-electron chi connectivity index (χ1n) is 12.0. The number of anilines is 2. The van der Waals surface area contributed by atoms with Crippen LogP contribution in [0.15, 0.2) is 70.3 Å². The maximum Gasteiger partial charge on any atom is 0.330 e. The van der Waals surface area contributed by atoms with Crippen molar-refractivity contribution >= 4 is 17.4 Å². The van der Waals surface area contributed by atoms with Gasteiger partial charge in [0.2, 0.25) is 5.91 Å². The lowest BCUT2D eigenvalue weighted by Crippen LogP contribution is -2.46. The van der Waals surface area contributed by atoms with Crippen molar-refractivity contribution in [1.82, 2.24) is 14.5 Å². The Labute approximate surface area is 206 Å². The van der Waals surface area contributed by atoms with Gasteiger partial charge in [0.25, 0.3) is 5.56 Å². The molecule has 0 aliphatic rings. The SMILES string of the molecule is CC(C)CN(C(=O)CN(C)CCCc1ccccc1)c1c(N)n(Cc2ccccc2)c(=O)[nH]c1=O. The summed E-state index contributed by atoms with van der Waals surface area (Å²) in [6.07, 6.45) is 1.83. The zero-order valence-electron chi connectivity index (χ0n) is 20.7. The van der Waals surface area contributed by atoms with Crippen molar-refractivity contribution in [1.29, 1.82) is 0 Å². The third-order valence-electron chi connectivity index (χ3n) is 5.77. The summed E-state index contributed by atoms with van der Waals surface area (Å²) in [6, 6.07) is 19.6. The Bertz CT molecular complexity index is 1220. The van der Waals surface area contributed by atoms with Crippen molar-refractivity contribution in [3.8, 4) is 0 Å². The summed E-state index contributed by atoms with van der Waals surface area (Å²) in [5, 5.41) is 0. The average Bonchev–Trinajstić information content (AvgIpc) is 2.82. The van der Waals surface area contributed by atoms with Crippen molar-refractivity contribution in [2.24, 2.45) is 5.92 Å². The average molecular weight is 478 g/mol. The maximum atomic E-state index is 13.4. The van der Waals surface area contributed by atoms with Gasteiger partial charge in [0.15, 0.2) is 5.69 Å². The van der Waals surface area contributed by atoms with E-state index in [1.807, 2.05) is 74.3 Å². The van der Waals surface area contributed by atoms with E-state index in [1.165, 1.54) is 15.0 Å². The Morgan fingerprint density at radius 2 is 1.60 bits per heavy atom. The predicted octanol–water partition coefficient (Wildman–Crippen LogP) is 2.72. The first-order chi connectivity index (χ1) is 16.8. The van der Waals surface area contributed by atoms with E-state index in [1.54, 1.807) is 0 Å². The summed E-state index contributed by atoms with van der Waals surface area (Å²) >= 11 is 0. The fourth-order valence-corrected chi connectivity index (χ4v) is 4.04. The topological polar surface area (TPSA) is 104 Å². The highest BCUT2D eigenvalue weighted by molar-refractivity contribution is 5.96. The predicted molar refractivity (Wildman–Crippen MR) is 141 cm³/mol. The molecule has 35 heavy (non-hydrogen) atoms. The molecule has 0 bridgehead atoms. The van der Waals surface area contributed by atoms with Gasteiger partial charge in [-0.2, -0.15) is 0 Å². The number of carbonyl (C=O) groups excluding carboxylic acids is 1. The van der Waals surface area contributed by atoms with Gasteiger partial charge in [-0.05, 0) is 43.5 Å². The van der Waals surface area contributed by atoms with Crippen LogP contribution in [-0.4, -0.2) is 47.0 Å². The lowest BCUT2D eigenvalue weighted by molar-refractivity contribution is -0.119. The van der Waals surface area contributed by atoms with Gasteiger partial charge in [0.05, 0.1) is 13.1 Å². The Morgan fingerprint density at radius 1 is 1.00 bits per heavy atom. The van der Waals surface area contributed by atoms with Crippen LogP contribution in [0.25, 0.3) is 0 Å². The molecule has 0 radical (unpaired) electrons. The second-order valence-corrected chi connectivity index (χ2v) is 9.29. The maximum absolute atomic E-state index is 13.4. The standard InChI is InChI=1S/C27H35N5O3/c1-20(2)17-31(23(33)19-30(3)16-10-15-21-11-6-4-7-12-21)24-25(28)32(27(35)29-26(24)34)18-22-13-8-5-9-14-22/h4-9,11-14,20H,10,15-19,28H2,1-3H3,(H,29,34,35). The molecule has 3 aromatic rings. The Morgan fingerprint density at radius 3 is 2.20 bits per heavy atom. The van der Waals surface area contributed by atoms with Gasteiger partial charge in [-0.3, -0.25) is 24.0 Å². The van der Waals surface area contributed by atoms with E-state index in [0.29, 0.717) is 6.54 Å². The molecular weight excluding hydrogens is 442 g/mol. The summed E-state index contributed by atoms with van der Waals surface area (Å²) in [5.41, 5.74) is 7.24. The third-order valence-corrected chi connectivity index (χ3v) is 5.77. The van der Waals surface area contributed by atoms with Crippen molar-refractivity contribution in [3.63, 3.8) is 0 Å². The van der Waals surface area contributed by atoms with Gasteiger partial charge in [-0.25, -0.2) is 4.79 Å². The lowest BCUT2D eigenvalue weighted by atomic mass is 10.1. The van der Waals surface area contributed by atoms with Crippen LogP contribution in [0.5, 0.6) is 0 Å². The number of amides is 1. The number of benzene rings is 2. The molecule has 1 aromatic heterocycles. The number of nitrogens with zero attached hydrogens (tertiary/aromatic N) is 3. The van der Waals surface area contributed by atoms with Gasteiger partial charge in [0.1, 0.15) is 5.82 Å². The molecule has 0 spiro atoms. The van der Waals surface area contributed by atoms with E-state index >= 15 is 0 Å². The quantitative estimate of drug-likeness (QED) is 0.442. The first-order valence-corrected chi connectivity index (χ1v) is 12.0. The molecule has 0 unspecified atom stereocenters. The van der Waals surface area contributed by atoms with Crippen molar-refractivity contribution in [3.05, 3.63) is 92.6 Å². The first kappa shape index (κ1) is 26.0. The van der Waals surface area contributed by atoms with Crippen molar-refractivity contribution < 1.29 is 4.79 Å². The number of rotatable bonds is 11. The molecule has 0 atom stereocenters. The number of aromatic amines is 1. The molecule has 0 saturated heterocycles. The smallest absolute Gasteiger partial charge is 0.330 e. The van der Waals surface area contributed by atoms with Crippen molar-refractivity contribution in [2.75, 3.05) is 37.3 Å². The highest BCUT2D eigenvalue weighted by Crippen LogP contribution is 2.20. The van der Waals surface area contributed by atoms with Gasteiger partial charge < -0.3 is 10.6 Å². The molecule has 186 valence electrons. The largest absolute Gasteiger partial charge is 0.383 e. The number of nitrogen functional groups attached to an aromatic ring is 1. The normalized spacial score (nSPS) is 11.2. The van der Waals surface area contributed by atoms with Gasteiger partial charge in [0, 0.05) is 6.54 Å². The van der Waals surface area contributed by atoms with E-state index in [9.17, 15) is 14.4 Å². The summed E-state index contributed by atoms with van der Waals surface area (Å²) in [5.74, 6) is -0.151. The van der Waals surface area contributed by atoms with E-state index in [4.69, 9.17) is 5.73 Å². The summed E-state index contributed by atoms with van der Waals surface area (Å²) in [4.78, 5) is 44.5. The van der Waals surface area contributed by atoms with Crippen molar-refractivity contribution in [2.45, 2.75) is 33.2 Å². The minimum Gasteiger partial charge on any atom is -0.383 e. The summed E-state index contributed by atoms with van der Waals surface area (Å²) in [7, 11) is 1.89. The monoisotopic (exact) mass is 477 g/mol. The Hall–Kier alpha value is -3.65. The highest BCUT2D eigenvalue weighted by atomic mass is 16.2. The van der Waals surface area contributed by atoms with Crippen LogP contribution in [0.4, 0.5) is 11.5 Å². The zero-order chi connectivity index (χ0) is 25.4. The summed E-state index contributed by atoms with van der Waals surface area (Å²) < 4.78 is 1.30. The Balaban J connectivity index is 1.80. The molecule has 1 heterocycles. The molecule has 8 heteroatoms. The number of likely N-dealkylation sites (N-methyl/N-ethyl adjacent to an activating group) is 1. The van der Waals surface area contributed by atoms with E-state index in [2.05, 4.69) is 17.1 Å².